The Balaban J connectivity index is 1.43. The molecule has 0 radical (unpaired) electrons. The van der Waals surface area contributed by atoms with Crippen molar-refractivity contribution >= 4 is 11.7 Å². The third-order valence-electron chi connectivity index (χ3n) is 4.63. The fraction of sp³-hybridized carbons (Fsp3) is 0.261. The molecule has 0 saturated heterocycles. The molecule has 3 rings (SSSR count). The van der Waals surface area contributed by atoms with Crippen molar-refractivity contribution in [3.63, 3.8) is 0 Å². The molecule has 0 spiro atoms. The van der Waals surface area contributed by atoms with Gasteiger partial charge in [-0.25, -0.2) is 4.98 Å². The van der Waals surface area contributed by atoms with Gasteiger partial charge < -0.3 is 10.2 Å². The van der Waals surface area contributed by atoms with Gasteiger partial charge in [-0.15, -0.1) is 0 Å². The van der Waals surface area contributed by atoms with Crippen molar-refractivity contribution in [2.75, 3.05) is 25.5 Å². The molecule has 0 aliphatic rings. The van der Waals surface area contributed by atoms with Gasteiger partial charge in [-0.2, -0.15) is 0 Å². The lowest BCUT2D eigenvalue weighted by Crippen LogP contribution is -2.29. The summed E-state index contributed by atoms with van der Waals surface area (Å²) in [7, 11) is 1.82. The second-order valence-corrected chi connectivity index (χ2v) is 6.78. The highest BCUT2D eigenvalue weighted by Crippen LogP contribution is 2.09. The number of likely N-dealkylation sites (N-methyl/N-ethyl adjacent to an activating group) is 1. The van der Waals surface area contributed by atoms with Gasteiger partial charge in [-0.1, -0.05) is 30.3 Å². The highest BCUT2D eigenvalue weighted by atomic mass is 16.2. The summed E-state index contributed by atoms with van der Waals surface area (Å²) < 4.78 is 0. The fourth-order valence-electron chi connectivity index (χ4n) is 2.95. The van der Waals surface area contributed by atoms with Crippen LogP contribution in [0, 0.1) is 0 Å². The van der Waals surface area contributed by atoms with E-state index in [4.69, 9.17) is 0 Å². The number of carbonyl (C=O) groups excluding carboxylic acids is 1. The second-order valence-electron chi connectivity index (χ2n) is 6.78. The quantitative estimate of drug-likeness (QED) is 0.578. The Hall–Kier alpha value is -3.21. The SMILES string of the molecule is CN(CCc1ccncc1)C(=O)c1ccc(NCCCc2ccccc2)nc1. The molecule has 2 heterocycles. The first-order valence-electron chi connectivity index (χ1n) is 9.60. The number of hydrogen-bond acceptors (Lipinski definition) is 4. The molecular weight excluding hydrogens is 348 g/mol. The molecule has 0 bridgehead atoms. The van der Waals surface area contributed by atoms with Crippen LogP contribution in [0.4, 0.5) is 5.82 Å². The smallest absolute Gasteiger partial charge is 0.255 e. The Morgan fingerprint density at radius 2 is 1.71 bits per heavy atom. The molecule has 5 heteroatoms. The zero-order chi connectivity index (χ0) is 19.6. The number of carbonyl (C=O) groups is 1. The van der Waals surface area contributed by atoms with E-state index in [1.165, 1.54) is 11.1 Å². The molecule has 5 nitrogen and oxygen atoms in total. The number of rotatable bonds is 9. The fourth-order valence-corrected chi connectivity index (χ4v) is 2.95. The van der Waals surface area contributed by atoms with Gasteiger partial charge in [0.25, 0.3) is 5.91 Å². The van der Waals surface area contributed by atoms with E-state index in [9.17, 15) is 4.79 Å². The van der Waals surface area contributed by atoms with Crippen molar-refractivity contribution in [2.24, 2.45) is 0 Å². The van der Waals surface area contributed by atoms with Crippen molar-refractivity contribution in [3.05, 3.63) is 89.9 Å². The number of nitrogens with one attached hydrogen (secondary N) is 1. The minimum Gasteiger partial charge on any atom is -0.370 e. The third kappa shape index (κ3) is 5.91. The van der Waals surface area contributed by atoms with Gasteiger partial charge in [0.15, 0.2) is 0 Å². The maximum atomic E-state index is 12.5. The molecule has 2 aromatic heterocycles. The van der Waals surface area contributed by atoms with Gasteiger partial charge >= 0.3 is 0 Å². The Kier molecular flexibility index (Phi) is 7.13. The number of aryl methyl sites for hydroxylation is 1. The van der Waals surface area contributed by atoms with Crippen LogP contribution in [0.5, 0.6) is 0 Å². The van der Waals surface area contributed by atoms with Gasteiger partial charge in [0.05, 0.1) is 5.56 Å². The number of aromatic nitrogens is 2. The normalized spacial score (nSPS) is 10.5. The Bertz CT molecular complexity index is 851. The maximum Gasteiger partial charge on any atom is 0.255 e. The van der Waals surface area contributed by atoms with Crippen LogP contribution in [-0.4, -0.2) is 40.9 Å². The summed E-state index contributed by atoms with van der Waals surface area (Å²) >= 11 is 0. The summed E-state index contributed by atoms with van der Waals surface area (Å²) in [5.41, 5.74) is 3.11. The van der Waals surface area contributed by atoms with Crippen molar-refractivity contribution in [1.82, 2.24) is 14.9 Å². The van der Waals surface area contributed by atoms with E-state index in [2.05, 4.69) is 39.6 Å². The second kappa shape index (κ2) is 10.2. The summed E-state index contributed by atoms with van der Waals surface area (Å²) in [6, 6.07) is 18.1. The molecule has 3 aromatic rings. The van der Waals surface area contributed by atoms with Gasteiger partial charge in [0.2, 0.25) is 0 Å². The molecular formula is C23H26N4O. The number of pyridine rings is 2. The molecule has 0 fully saturated rings. The van der Waals surface area contributed by atoms with E-state index in [0.717, 1.165) is 31.6 Å². The number of nitrogens with zero attached hydrogens (tertiary/aromatic N) is 3. The summed E-state index contributed by atoms with van der Waals surface area (Å²) in [5.74, 6) is 0.779. The van der Waals surface area contributed by atoms with Gasteiger partial charge in [-0.3, -0.25) is 9.78 Å². The first kappa shape index (κ1) is 19.5. The lowest BCUT2D eigenvalue weighted by molar-refractivity contribution is 0.0796. The van der Waals surface area contributed by atoms with E-state index in [1.54, 1.807) is 23.5 Å². The first-order valence-corrected chi connectivity index (χ1v) is 9.60. The Labute approximate surface area is 166 Å². The highest BCUT2D eigenvalue weighted by Gasteiger charge is 2.12. The van der Waals surface area contributed by atoms with Crippen LogP contribution >= 0.6 is 0 Å². The minimum absolute atomic E-state index is 0.0165. The van der Waals surface area contributed by atoms with Crippen molar-refractivity contribution in [2.45, 2.75) is 19.3 Å². The standard InChI is InChI=1S/C23H26N4O/c1-27(17-13-20-11-15-24-16-12-20)23(28)21-9-10-22(26-18-21)25-14-5-8-19-6-3-2-4-7-19/h2-4,6-7,9-12,15-16,18H,5,8,13-14,17H2,1H3,(H,25,26). The van der Waals surface area contributed by atoms with Crippen LogP contribution in [0.15, 0.2) is 73.2 Å². The molecule has 28 heavy (non-hydrogen) atoms. The third-order valence-corrected chi connectivity index (χ3v) is 4.63. The molecule has 0 saturated carbocycles. The molecule has 1 N–H and O–H groups in total. The average molecular weight is 374 g/mol. The summed E-state index contributed by atoms with van der Waals surface area (Å²) in [6.07, 6.45) is 8.06. The first-order chi connectivity index (χ1) is 13.7. The predicted octanol–water partition coefficient (Wildman–Crippen LogP) is 3.84. The predicted molar refractivity (Wildman–Crippen MR) is 112 cm³/mol. The molecule has 0 aliphatic carbocycles. The minimum atomic E-state index is -0.0165. The largest absolute Gasteiger partial charge is 0.370 e. The van der Waals surface area contributed by atoms with Gasteiger partial charge in [-0.05, 0) is 54.7 Å². The van der Waals surface area contributed by atoms with E-state index >= 15 is 0 Å². The summed E-state index contributed by atoms with van der Waals surface area (Å²) in [4.78, 5) is 22.7. The number of amides is 1. The monoisotopic (exact) mass is 374 g/mol. The number of hydrogen-bond donors (Lipinski definition) is 1. The molecule has 0 atom stereocenters. The highest BCUT2D eigenvalue weighted by molar-refractivity contribution is 5.93. The van der Waals surface area contributed by atoms with Crippen LogP contribution in [0.2, 0.25) is 0 Å². The molecule has 1 aromatic carbocycles. The molecule has 144 valence electrons. The van der Waals surface area contributed by atoms with Crippen LogP contribution in [-0.2, 0) is 12.8 Å². The van der Waals surface area contributed by atoms with Crippen molar-refractivity contribution in [3.8, 4) is 0 Å². The molecule has 0 unspecified atom stereocenters. The van der Waals surface area contributed by atoms with Crippen LogP contribution < -0.4 is 5.32 Å². The van der Waals surface area contributed by atoms with E-state index in [0.29, 0.717) is 12.1 Å². The average Bonchev–Trinajstić information content (AvgIpc) is 2.76. The zero-order valence-corrected chi connectivity index (χ0v) is 16.2. The molecule has 0 aliphatic heterocycles. The number of anilines is 1. The van der Waals surface area contributed by atoms with Crippen LogP contribution in [0.25, 0.3) is 0 Å². The van der Waals surface area contributed by atoms with Gasteiger partial charge in [0, 0.05) is 38.7 Å². The van der Waals surface area contributed by atoms with Crippen LogP contribution in [0.1, 0.15) is 27.9 Å². The summed E-state index contributed by atoms with van der Waals surface area (Å²) in [6.45, 7) is 1.50. The Morgan fingerprint density at radius 1 is 0.964 bits per heavy atom. The van der Waals surface area contributed by atoms with Crippen LogP contribution in [0.3, 0.4) is 0 Å². The lowest BCUT2D eigenvalue weighted by Gasteiger charge is -2.17. The number of benzene rings is 1. The zero-order valence-electron chi connectivity index (χ0n) is 16.2. The topological polar surface area (TPSA) is 58.1 Å². The Morgan fingerprint density at radius 3 is 2.43 bits per heavy atom. The van der Waals surface area contributed by atoms with E-state index in [1.807, 2.05) is 37.4 Å². The van der Waals surface area contributed by atoms with Crippen molar-refractivity contribution < 1.29 is 4.79 Å². The summed E-state index contributed by atoms with van der Waals surface area (Å²) in [5, 5.41) is 3.31. The van der Waals surface area contributed by atoms with E-state index < -0.39 is 0 Å². The van der Waals surface area contributed by atoms with Crippen molar-refractivity contribution in [1.29, 1.82) is 0 Å². The van der Waals surface area contributed by atoms with Gasteiger partial charge in [0.1, 0.15) is 5.82 Å². The molecule has 1 amide bonds. The van der Waals surface area contributed by atoms with E-state index in [-0.39, 0.29) is 5.91 Å². The maximum absolute atomic E-state index is 12.5. The lowest BCUT2D eigenvalue weighted by atomic mass is 10.1.